The second-order valence-corrected chi connectivity index (χ2v) is 6.73. The predicted molar refractivity (Wildman–Crippen MR) is 72.4 cm³/mol. The SMILES string of the molecule is O=C(c1ccc(Br)s1)N(CCCO)C1CCC1. The number of thiophene rings is 1. The number of aliphatic hydroxyl groups is 1. The van der Waals surface area contributed by atoms with Gasteiger partial charge in [-0.2, -0.15) is 0 Å². The molecule has 1 aliphatic rings. The van der Waals surface area contributed by atoms with Crippen LogP contribution in [0.2, 0.25) is 0 Å². The number of rotatable bonds is 5. The van der Waals surface area contributed by atoms with E-state index in [0.717, 1.165) is 21.5 Å². The zero-order valence-electron chi connectivity index (χ0n) is 9.56. The molecule has 3 nitrogen and oxygen atoms in total. The van der Waals surface area contributed by atoms with Gasteiger partial charge in [-0.05, 0) is 53.7 Å². The third kappa shape index (κ3) is 3.09. The molecule has 0 spiro atoms. The maximum Gasteiger partial charge on any atom is 0.264 e. The van der Waals surface area contributed by atoms with Crippen molar-refractivity contribution in [1.29, 1.82) is 0 Å². The van der Waals surface area contributed by atoms with Crippen molar-refractivity contribution in [1.82, 2.24) is 4.90 Å². The van der Waals surface area contributed by atoms with Crippen LogP contribution in [0.15, 0.2) is 15.9 Å². The minimum absolute atomic E-state index is 0.110. The molecule has 0 atom stereocenters. The van der Waals surface area contributed by atoms with Gasteiger partial charge in [0.05, 0.1) is 8.66 Å². The zero-order chi connectivity index (χ0) is 12.3. The van der Waals surface area contributed by atoms with Gasteiger partial charge in [-0.15, -0.1) is 11.3 Å². The molecule has 1 N–H and O–H groups in total. The van der Waals surface area contributed by atoms with Gasteiger partial charge in [-0.3, -0.25) is 4.79 Å². The second kappa shape index (κ2) is 5.98. The van der Waals surface area contributed by atoms with Crippen LogP contribution in [0.5, 0.6) is 0 Å². The molecule has 1 aliphatic carbocycles. The van der Waals surface area contributed by atoms with Crippen LogP contribution in [0.3, 0.4) is 0 Å². The van der Waals surface area contributed by atoms with Gasteiger partial charge in [0.15, 0.2) is 0 Å². The Morgan fingerprint density at radius 2 is 2.29 bits per heavy atom. The Bertz CT molecular complexity index is 390. The minimum Gasteiger partial charge on any atom is -0.396 e. The normalized spacial score (nSPS) is 15.6. The van der Waals surface area contributed by atoms with Gasteiger partial charge in [0.1, 0.15) is 0 Å². The van der Waals surface area contributed by atoms with E-state index >= 15 is 0 Å². The van der Waals surface area contributed by atoms with Crippen molar-refractivity contribution in [3.05, 3.63) is 20.8 Å². The van der Waals surface area contributed by atoms with Crippen molar-refractivity contribution < 1.29 is 9.90 Å². The molecule has 0 bridgehead atoms. The lowest BCUT2D eigenvalue weighted by molar-refractivity contribution is 0.0567. The predicted octanol–water partition coefficient (Wildman–Crippen LogP) is 2.89. The first-order chi connectivity index (χ1) is 8.22. The lowest BCUT2D eigenvalue weighted by Gasteiger charge is -2.37. The molecule has 0 aromatic carbocycles. The van der Waals surface area contributed by atoms with Crippen molar-refractivity contribution in [2.75, 3.05) is 13.2 Å². The molecule has 2 rings (SSSR count). The Morgan fingerprint density at radius 3 is 2.76 bits per heavy atom. The van der Waals surface area contributed by atoms with Crippen LogP contribution in [0.25, 0.3) is 0 Å². The molecule has 0 unspecified atom stereocenters. The van der Waals surface area contributed by atoms with Crippen LogP contribution in [0.4, 0.5) is 0 Å². The van der Waals surface area contributed by atoms with Crippen LogP contribution >= 0.6 is 27.3 Å². The first-order valence-electron chi connectivity index (χ1n) is 5.89. The van der Waals surface area contributed by atoms with E-state index in [1.165, 1.54) is 17.8 Å². The van der Waals surface area contributed by atoms with E-state index in [4.69, 9.17) is 5.11 Å². The highest BCUT2D eigenvalue weighted by molar-refractivity contribution is 9.11. The number of carbonyl (C=O) groups is 1. The van der Waals surface area contributed by atoms with Gasteiger partial charge in [-0.25, -0.2) is 0 Å². The lowest BCUT2D eigenvalue weighted by atomic mass is 9.91. The van der Waals surface area contributed by atoms with Crippen molar-refractivity contribution in [2.45, 2.75) is 31.7 Å². The Kier molecular flexibility index (Phi) is 4.59. The molecule has 1 fully saturated rings. The number of amides is 1. The standard InChI is InChI=1S/C12H16BrNO2S/c13-11-6-5-10(17-11)12(16)14(7-2-8-15)9-3-1-4-9/h5-6,9,15H,1-4,7-8H2. The van der Waals surface area contributed by atoms with E-state index in [0.29, 0.717) is 19.0 Å². The van der Waals surface area contributed by atoms with Gasteiger partial charge in [0.25, 0.3) is 5.91 Å². The summed E-state index contributed by atoms with van der Waals surface area (Å²) in [4.78, 5) is 15.0. The van der Waals surface area contributed by atoms with Gasteiger partial charge < -0.3 is 10.0 Å². The number of aliphatic hydroxyl groups excluding tert-OH is 1. The van der Waals surface area contributed by atoms with Gasteiger partial charge >= 0.3 is 0 Å². The number of halogens is 1. The summed E-state index contributed by atoms with van der Waals surface area (Å²) in [5.41, 5.74) is 0. The molecule has 94 valence electrons. The Balaban J connectivity index is 2.06. The summed E-state index contributed by atoms with van der Waals surface area (Å²) in [7, 11) is 0. The third-order valence-electron chi connectivity index (χ3n) is 3.12. The van der Waals surface area contributed by atoms with E-state index in [2.05, 4.69) is 15.9 Å². The zero-order valence-corrected chi connectivity index (χ0v) is 12.0. The second-order valence-electron chi connectivity index (χ2n) is 4.26. The summed E-state index contributed by atoms with van der Waals surface area (Å²) in [6.07, 6.45) is 4.07. The molecule has 17 heavy (non-hydrogen) atoms. The molecule has 1 saturated carbocycles. The largest absolute Gasteiger partial charge is 0.396 e. The maximum atomic E-state index is 12.3. The van der Waals surface area contributed by atoms with Gasteiger partial charge in [0, 0.05) is 19.2 Å². The number of hydrogen-bond donors (Lipinski definition) is 1. The van der Waals surface area contributed by atoms with E-state index in [1.54, 1.807) is 0 Å². The highest BCUT2D eigenvalue weighted by Gasteiger charge is 2.29. The van der Waals surface area contributed by atoms with Crippen LogP contribution in [0.1, 0.15) is 35.4 Å². The minimum atomic E-state index is 0.110. The highest BCUT2D eigenvalue weighted by atomic mass is 79.9. The van der Waals surface area contributed by atoms with Crippen LogP contribution in [0, 0.1) is 0 Å². The van der Waals surface area contributed by atoms with Crippen LogP contribution in [-0.4, -0.2) is 35.1 Å². The van der Waals surface area contributed by atoms with Crippen molar-refractivity contribution in [2.24, 2.45) is 0 Å². The first-order valence-corrected chi connectivity index (χ1v) is 7.50. The van der Waals surface area contributed by atoms with Gasteiger partial charge in [0.2, 0.25) is 0 Å². The summed E-state index contributed by atoms with van der Waals surface area (Å²) in [5, 5.41) is 8.90. The monoisotopic (exact) mass is 317 g/mol. The van der Waals surface area contributed by atoms with E-state index < -0.39 is 0 Å². The number of nitrogens with zero attached hydrogens (tertiary/aromatic N) is 1. The number of hydrogen-bond acceptors (Lipinski definition) is 3. The van der Waals surface area contributed by atoms with Crippen molar-refractivity contribution in [3.8, 4) is 0 Å². The van der Waals surface area contributed by atoms with Gasteiger partial charge in [-0.1, -0.05) is 0 Å². The fourth-order valence-electron chi connectivity index (χ4n) is 1.96. The van der Waals surface area contributed by atoms with Crippen LogP contribution in [-0.2, 0) is 0 Å². The Labute approximate surface area is 114 Å². The Morgan fingerprint density at radius 1 is 1.53 bits per heavy atom. The molecule has 0 aliphatic heterocycles. The molecule has 5 heteroatoms. The topological polar surface area (TPSA) is 40.5 Å². The van der Waals surface area contributed by atoms with Crippen molar-refractivity contribution >= 4 is 33.2 Å². The van der Waals surface area contributed by atoms with E-state index in [-0.39, 0.29) is 12.5 Å². The average Bonchev–Trinajstić information content (AvgIpc) is 2.67. The van der Waals surface area contributed by atoms with Crippen molar-refractivity contribution in [3.63, 3.8) is 0 Å². The summed E-state index contributed by atoms with van der Waals surface area (Å²) in [5.74, 6) is 0.110. The molecule has 1 heterocycles. The molecule has 0 saturated heterocycles. The fraction of sp³-hybridized carbons (Fsp3) is 0.583. The smallest absolute Gasteiger partial charge is 0.264 e. The Hall–Kier alpha value is -0.390. The summed E-state index contributed by atoms with van der Waals surface area (Å²) >= 11 is 4.85. The quantitative estimate of drug-likeness (QED) is 0.907. The average molecular weight is 318 g/mol. The third-order valence-corrected chi connectivity index (χ3v) is 4.73. The summed E-state index contributed by atoms with van der Waals surface area (Å²) in [6, 6.07) is 4.15. The molecular weight excluding hydrogens is 302 g/mol. The first kappa shape index (κ1) is 13.1. The van der Waals surface area contributed by atoms with E-state index in [1.807, 2.05) is 17.0 Å². The van der Waals surface area contributed by atoms with E-state index in [9.17, 15) is 4.79 Å². The molecular formula is C12H16BrNO2S. The summed E-state index contributed by atoms with van der Waals surface area (Å²) < 4.78 is 0.983. The molecule has 1 amide bonds. The molecule has 1 aromatic rings. The number of carbonyl (C=O) groups excluding carboxylic acids is 1. The maximum absolute atomic E-state index is 12.3. The summed E-state index contributed by atoms with van der Waals surface area (Å²) in [6.45, 7) is 0.806. The molecule has 1 aromatic heterocycles. The lowest BCUT2D eigenvalue weighted by Crippen LogP contribution is -2.44. The molecule has 0 radical (unpaired) electrons. The fourth-order valence-corrected chi connectivity index (χ4v) is 3.30. The van der Waals surface area contributed by atoms with Crippen LogP contribution < -0.4 is 0 Å². The highest BCUT2D eigenvalue weighted by Crippen LogP contribution is 2.29.